The zero-order chi connectivity index (χ0) is 18.3. The van der Waals surface area contributed by atoms with Crippen molar-refractivity contribution in [3.05, 3.63) is 24.3 Å². The number of aliphatic hydroxyl groups is 1. The molecule has 26 heavy (non-hydrogen) atoms. The van der Waals surface area contributed by atoms with Gasteiger partial charge in [-0.05, 0) is 25.0 Å². The van der Waals surface area contributed by atoms with Crippen LogP contribution in [0.5, 0.6) is 5.75 Å². The number of nitrogens with one attached hydrogen (secondary N) is 1. The Balaban J connectivity index is 1.53. The van der Waals surface area contributed by atoms with Crippen LogP contribution in [0.25, 0.3) is 0 Å². The zero-order valence-electron chi connectivity index (χ0n) is 14.8. The van der Waals surface area contributed by atoms with Gasteiger partial charge in [0.1, 0.15) is 17.9 Å². The first kappa shape index (κ1) is 17.3. The molecular formula is C19H24N2O5. The van der Waals surface area contributed by atoms with Crippen LogP contribution in [-0.2, 0) is 14.3 Å². The van der Waals surface area contributed by atoms with Gasteiger partial charge in [-0.1, -0.05) is 12.1 Å². The molecule has 0 radical (unpaired) electrons. The quantitative estimate of drug-likeness (QED) is 0.816. The minimum Gasteiger partial charge on any atom is -0.486 e. The Morgan fingerprint density at radius 1 is 1.23 bits per heavy atom. The average molecular weight is 360 g/mol. The summed E-state index contributed by atoms with van der Waals surface area (Å²) in [6, 6.07) is 6.39. The summed E-state index contributed by atoms with van der Waals surface area (Å²) in [5, 5.41) is 13.8. The van der Waals surface area contributed by atoms with Gasteiger partial charge in [0.25, 0.3) is 0 Å². The van der Waals surface area contributed by atoms with Crippen molar-refractivity contribution in [3.63, 3.8) is 0 Å². The van der Waals surface area contributed by atoms with Gasteiger partial charge in [-0.2, -0.15) is 0 Å². The fraction of sp³-hybridized carbons (Fsp3) is 0.579. The van der Waals surface area contributed by atoms with Gasteiger partial charge in [0, 0.05) is 32.5 Å². The fourth-order valence-electron chi connectivity index (χ4n) is 4.29. The largest absolute Gasteiger partial charge is 0.486 e. The topological polar surface area (TPSA) is 88.1 Å². The predicted molar refractivity (Wildman–Crippen MR) is 93.9 cm³/mol. The summed E-state index contributed by atoms with van der Waals surface area (Å²) >= 11 is 0. The monoisotopic (exact) mass is 360 g/mol. The highest BCUT2D eigenvalue weighted by molar-refractivity contribution is 5.94. The van der Waals surface area contributed by atoms with Crippen LogP contribution >= 0.6 is 0 Å². The predicted octanol–water partition coefficient (Wildman–Crippen LogP) is 0.845. The van der Waals surface area contributed by atoms with Gasteiger partial charge in [-0.15, -0.1) is 0 Å². The van der Waals surface area contributed by atoms with Crippen molar-refractivity contribution in [2.45, 2.75) is 50.5 Å². The molecule has 0 spiro atoms. The van der Waals surface area contributed by atoms with Crippen molar-refractivity contribution < 1.29 is 24.2 Å². The number of para-hydroxylation sites is 2. The SMILES string of the molecule is CC(=O)N1c2ccccc2O[C@@H]2C[C@@H](NC(=O)C3CCOCC3)[C@@H](O)[C@@H]21. The molecule has 7 heteroatoms. The lowest BCUT2D eigenvalue weighted by Crippen LogP contribution is -2.55. The maximum atomic E-state index is 12.5. The molecule has 2 aliphatic heterocycles. The Hall–Kier alpha value is -2.12. The first-order valence-electron chi connectivity index (χ1n) is 9.18. The molecule has 2 amide bonds. The summed E-state index contributed by atoms with van der Waals surface area (Å²) in [6.07, 6.45) is 0.648. The Morgan fingerprint density at radius 2 is 1.96 bits per heavy atom. The highest BCUT2D eigenvalue weighted by atomic mass is 16.5. The zero-order valence-corrected chi connectivity index (χ0v) is 14.8. The molecule has 7 nitrogen and oxygen atoms in total. The molecule has 1 aromatic rings. The Kier molecular flexibility index (Phi) is 4.58. The van der Waals surface area contributed by atoms with Gasteiger partial charge in [0.2, 0.25) is 11.8 Å². The number of hydrogen-bond donors (Lipinski definition) is 2. The van der Waals surface area contributed by atoms with Crippen molar-refractivity contribution in [1.29, 1.82) is 0 Å². The van der Waals surface area contributed by atoms with Crippen molar-refractivity contribution in [2.75, 3.05) is 18.1 Å². The van der Waals surface area contributed by atoms with E-state index in [1.807, 2.05) is 24.3 Å². The highest BCUT2D eigenvalue weighted by Crippen LogP contribution is 2.42. The van der Waals surface area contributed by atoms with E-state index in [0.717, 1.165) is 0 Å². The van der Waals surface area contributed by atoms with Crippen LogP contribution in [0.1, 0.15) is 26.2 Å². The molecule has 0 bridgehead atoms. The number of aliphatic hydroxyl groups excluding tert-OH is 1. The number of carbonyl (C=O) groups excluding carboxylic acids is 2. The van der Waals surface area contributed by atoms with E-state index in [9.17, 15) is 14.7 Å². The van der Waals surface area contributed by atoms with Crippen molar-refractivity contribution in [2.24, 2.45) is 5.92 Å². The first-order chi connectivity index (χ1) is 12.6. The van der Waals surface area contributed by atoms with Crippen LogP contribution in [0.2, 0.25) is 0 Å². The van der Waals surface area contributed by atoms with Gasteiger partial charge in [-0.3, -0.25) is 14.5 Å². The van der Waals surface area contributed by atoms with Gasteiger partial charge >= 0.3 is 0 Å². The van der Waals surface area contributed by atoms with E-state index in [0.29, 0.717) is 43.9 Å². The summed E-state index contributed by atoms with van der Waals surface area (Å²) < 4.78 is 11.3. The molecular weight excluding hydrogens is 336 g/mol. The van der Waals surface area contributed by atoms with E-state index in [-0.39, 0.29) is 23.8 Å². The molecule has 0 aromatic heterocycles. The number of anilines is 1. The Labute approximate surface area is 152 Å². The van der Waals surface area contributed by atoms with Gasteiger partial charge in [0.05, 0.1) is 17.8 Å². The number of rotatable bonds is 2. The van der Waals surface area contributed by atoms with Crippen molar-refractivity contribution in [3.8, 4) is 5.75 Å². The van der Waals surface area contributed by atoms with Crippen LogP contribution in [0, 0.1) is 5.92 Å². The number of carbonyl (C=O) groups is 2. The summed E-state index contributed by atoms with van der Waals surface area (Å²) in [5.41, 5.74) is 0.664. The second kappa shape index (κ2) is 6.89. The summed E-state index contributed by atoms with van der Waals surface area (Å²) in [5.74, 6) is 0.349. The lowest BCUT2D eigenvalue weighted by Gasteiger charge is -2.39. The molecule has 3 aliphatic rings. The third-order valence-corrected chi connectivity index (χ3v) is 5.59. The maximum absolute atomic E-state index is 12.5. The minimum absolute atomic E-state index is 0.0529. The van der Waals surface area contributed by atoms with E-state index in [1.54, 1.807) is 4.90 Å². The molecule has 1 aromatic carbocycles. The standard InChI is InChI=1S/C19H24N2O5/c1-11(22)21-14-4-2-3-5-15(14)26-16-10-13(18(23)17(16)21)20-19(24)12-6-8-25-9-7-12/h2-5,12-13,16-18,23H,6-10H2,1H3,(H,20,24)/t13-,16-,17-,18-/m1/s1. The van der Waals surface area contributed by atoms with E-state index in [1.165, 1.54) is 6.92 Å². The van der Waals surface area contributed by atoms with Crippen LogP contribution < -0.4 is 15.0 Å². The molecule has 140 valence electrons. The average Bonchev–Trinajstić information content (AvgIpc) is 2.95. The second-order valence-electron chi connectivity index (χ2n) is 7.23. The van der Waals surface area contributed by atoms with Gasteiger partial charge in [0.15, 0.2) is 0 Å². The van der Waals surface area contributed by atoms with Gasteiger partial charge < -0.3 is 19.9 Å². The molecule has 1 saturated heterocycles. The van der Waals surface area contributed by atoms with E-state index >= 15 is 0 Å². The third kappa shape index (κ3) is 2.95. The molecule has 4 atom stereocenters. The molecule has 2 heterocycles. The smallest absolute Gasteiger partial charge is 0.224 e. The van der Waals surface area contributed by atoms with Crippen molar-refractivity contribution >= 4 is 17.5 Å². The summed E-state index contributed by atoms with van der Waals surface area (Å²) in [7, 11) is 0. The molecule has 4 rings (SSSR count). The molecule has 1 aliphatic carbocycles. The maximum Gasteiger partial charge on any atom is 0.224 e. The highest BCUT2D eigenvalue weighted by Gasteiger charge is 2.51. The first-order valence-corrected chi connectivity index (χ1v) is 9.18. The van der Waals surface area contributed by atoms with Crippen LogP contribution in [-0.4, -0.2) is 54.4 Å². The Bertz CT molecular complexity index is 703. The molecule has 2 N–H and O–H groups in total. The summed E-state index contributed by atoms with van der Waals surface area (Å²) in [4.78, 5) is 26.4. The van der Waals surface area contributed by atoms with Crippen LogP contribution in [0.15, 0.2) is 24.3 Å². The fourth-order valence-corrected chi connectivity index (χ4v) is 4.29. The van der Waals surface area contributed by atoms with E-state index in [4.69, 9.17) is 9.47 Å². The van der Waals surface area contributed by atoms with Crippen LogP contribution in [0.4, 0.5) is 5.69 Å². The lowest BCUT2D eigenvalue weighted by atomic mass is 9.98. The lowest BCUT2D eigenvalue weighted by molar-refractivity contribution is -0.129. The summed E-state index contributed by atoms with van der Waals surface area (Å²) in [6.45, 7) is 2.67. The van der Waals surface area contributed by atoms with Crippen molar-refractivity contribution in [1.82, 2.24) is 5.32 Å². The number of amides is 2. The second-order valence-corrected chi connectivity index (χ2v) is 7.23. The molecule has 0 unspecified atom stereocenters. The molecule has 2 fully saturated rings. The number of fused-ring (bicyclic) bond motifs is 2. The van der Waals surface area contributed by atoms with E-state index < -0.39 is 18.2 Å². The van der Waals surface area contributed by atoms with E-state index in [2.05, 4.69) is 5.32 Å². The number of hydrogen-bond acceptors (Lipinski definition) is 5. The van der Waals surface area contributed by atoms with Gasteiger partial charge in [-0.25, -0.2) is 0 Å². The molecule has 1 saturated carbocycles. The number of ether oxygens (including phenoxy) is 2. The number of benzene rings is 1. The number of nitrogens with zero attached hydrogens (tertiary/aromatic N) is 1. The third-order valence-electron chi connectivity index (χ3n) is 5.59. The minimum atomic E-state index is -0.874. The normalized spacial score (nSPS) is 30.9. The Morgan fingerprint density at radius 3 is 2.69 bits per heavy atom. The van der Waals surface area contributed by atoms with Crippen LogP contribution in [0.3, 0.4) is 0 Å².